The minimum Gasteiger partial charge on any atom is -0.494 e. The number of methoxy groups -OCH3 is 1. The lowest BCUT2D eigenvalue weighted by molar-refractivity contribution is -0.111. The SMILES string of the molecule is C=CC(=O)Nc1cc(Nc2ncc(C#N)c(C(=C)c3ccccc3N(C)C)n2)c(OC)cc1N(C)CCN(C)C. The van der Waals surface area contributed by atoms with E-state index >= 15 is 0 Å². The van der Waals surface area contributed by atoms with Crippen LogP contribution < -0.4 is 25.2 Å². The number of nitrogens with one attached hydrogen (secondary N) is 2. The third-order valence-electron chi connectivity index (χ3n) is 6.21. The molecule has 10 heteroatoms. The zero-order valence-electron chi connectivity index (χ0n) is 23.9. The number of rotatable bonds is 12. The molecule has 0 atom stereocenters. The first-order chi connectivity index (χ1) is 19.1. The second kappa shape index (κ2) is 13.3. The fraction of sp³-hybridized carbons (Fsp3) is 0.267. The maximum Gasteiger partial charge on any atom is 0.247 e. The van der Waals surface area contributed by atoms with Crippen molar-refractivity contribution in [1.82, 2.24) is 14.9 Å². The topological polar surface area (TPSA) is 110 Å². The summed E-state index contributed by atoms with van der Waals surface area (Å²) in [6, 6.07) is 13.6. The predicted octanol–water partition coefficient (Wildman–Crippen LogP) is 4.35. The highest BCUT2D eigenvalue weighted by molar-refractivity contribution is 6.02. The molecule has 10 nitrogen and oxygen atoms in total. The van der Waals surface area contributed by atoms with Crippen molar-refractivity contribution in [3.8, 4) is 11.8 Å². The third-order valence-corrected chi connectivity index (χ3v) is 6.21. The molecule has 0 unspecified atom stereocenters. The highest BCUT2D eigenvalue weighted by atomic mass is 16.5. The third kappa shape index (κ3) is 6.95. The number of carbonyl (C=O) groups excluding carboxylic acids is 1. The van der Waals surface area contributed by atoms with Crippen molar-refractivity contribution >= 4 is 40.2 Å². The normalized spacial score (nSPS) is 10.4. The lowest BCUT2D eigenvalue weighted by Crippen LogP contribution is -2.29. The summed E-state index contributed by atoms with van der Waals surface area (Å²) >= 11 is 0. The Bertz CT molecular complexity index is 1440. The molecule has 1 aromatic heterocycles. The van der Waals surface area contributed by atoms with E-state index in [4.69, 9.17) is 4.74 Å². The first-order valence-electron chi connectivity index (χ1n) is 12.6. The summed E-state index contributed by atoms with van der Waals surface area (Å²) in [7, 11) is 11.4. The fourth-order valence-electron chi connectivity index (χ4n) is 4.03. The molecular weight excluding hydrogens is 504 g/mol. The van der Waals surface area contributed by atoms with E-state index < -0.39 is 0 Å². The highest BCUT2D eigenvalue weighted by Gasteiger charge is 2.19. The number of likely N-dealkylation sites (N-methyl/N-ethyl adjacent to an activating group) is 2. The molecule has 0 radical (unpaired) electrons. The van der Waals surface area contributed by atoms with Crippen LogP contribution in [0.4, 0.5) is 28.7 Å². The van der Waals surface area contributed by atoms with Crippen LogP contribution in [0.1, 0.15) is 16.8 Å². The molecule has 40 heavy (non-hydrogen) atoms. The standard InChI is InChI=1S/C30H36N8O2/c1-9-28(39)33-23-16-24(27(40-8)17-26(23)38(7)15-14-36(3)4)34-30-32-19-21(18-31)29(35-30)20(2)22-12-10-11-13-25(22)37(5)6/h9-13,16-17,19H,1-2,14-15H2,3-8H3,(H,33,39)(H,32,34,35). The molecule has 3 aromatic rings. The van der Waals surface area contributed by atoms with Gasteiger partial charge < -0.3 is 30.1 Å². The maximum atomic E-state index is 12.3. The molecule has 0 aliphatic heterocycles. The van der Waals surface area contributed by atoms with Crippen LogP contribution in [0, 0.1) is 11.3 Å². The van der Waals surface area contributed by atoms with Crippen LogP contribution >= 0.6 is 0 Å². The summed E-state index contributed by atoms with van der Waals surface area (Å²) in [6.45, 7) is 9.36. The van der Waals surface area contributed by atoms with Crippen LogP contribution in [0.3, 0.4) is 0 Å². The summed E-state index contributed by atoms with van der Waals surface area (Å²) < 4.78 is 5.69. The van der Waals surface area contributed by atoms with Crippen LogP contribution in [0.15, 0.2) is 61.8 Å². The maximum absolute atomic E-state index is 12.3. The largest absolute Gasteiger partial charge is 0.494 e. The van der Waals surface area contributed by atoms with E-state index in [1.807, 2.05) is 75.4 Å². The van der Waals surface area contributed by atoms with Crippen LogP contribution in [0.5, 0.6) is 5.75 Å². The highest BCUT2D eigenvalue weighted by Crippen LogP contribution is 2.38. The molecule has 0 saturated carbocycles. The van der Waals surface area contributed by atoms with Gasteiger partial charge in [-0.15, -0.1) is 0 Å². The van der Waals surface area contributed by atoms with E-state index in [2.05, 4.69) is 44.7 Å². The van der Waals surface area contributed by atoms with Crippen molar-refractivity contribution in [2.75, 3.05) is 75.9 Å². The van der Waals surface area contributed by atoms with Gasteiger partial charge in [-0.3, -0.25) is 4.79 Å². The number of amides is 1. The van der Waals surface area contributed by atoms with E-state index in [1.165, 1.54) is 12.3 Å². The Morgan fingerprint density at radius 2 is 1.82 bits per heavy atom. The molecule has 0 aliphatic rings. The van der Waals surface area contributed by atoms with Gasteiger partial charge in [-0.05, 0) is 32.3 Å². The molecule has 0 saturated heterocycles. The number of nitriles is 1. The summed E-state index contributed by atoms with van der Waals surface area (Å²) in [5.74, 6) is 0.422. The summed E-state index contributed by atoms with van der Waals surface area (Å²) in [4.78, 5) is 27.4. The molecule has 2 N–H and O–H groups in total. The van der Waals surface area contributed by atoms with E-state index in [-0.39, 0.29) is 11.9 Å². The number of hydrogen-bond donors (Lipinski definition) is 2. The molecule has 208 valence electrons. The molecular formula is C30H36N8O2. The quantitative estimate of drug-likeness (QED) is 0.324. The molecule has 0 bridgehead atoms. The molecule has 0 aliphatic carbocycles. The van der Waals surface area contributed by atoms with Crippen molar-refractivity contribution < 1.29 is 9.53 Å². The Balaban J connectivity index is 2.06. The van der Waals surface area contributed by atoms with E-state index in [0.29, 0.717) is 34.0 Å². The van der Waals surface area contributed by atoms with Gasteiger partial charge >= 0.3 is 0 Å². The van der Waals surface area contributed by atoms with Crippen molar-refractivity contribution in [2.24, 2.45) is 0 Å². The van der Waals surface area contributed by atoms with Crippen molar-refractivity contribution in [2.45, 2.75) is 0 Å². The van der Waals surface area contributed by atoms with Crippen LogP contribution in [-0.4, -0.2) is 76.2 Å². The Morgan fingerprint density at radius 3 is 2.45 bits per heavy atom. The van der Waals surface area contributed by atoms with E-state index in [1.54, 1.807) is 13.2 Å². The lowest BCUT2D eigenvalue weighted by Gasteiger charge is -2.26. The van der Waals surface area contributed by atoms with Gasteiger partial charge in [0.1, 0.15) is 11.8 Å². The fourth-order valence-corrected chi connectivity index (χ4v) is 4.03. The summed E-state index contributed by atoms with van der Waals surface area (Å²) in [5, 5.41) is 15.9. The molecule has 1 amide bonds. The van der Waals surface area contributed by atoms with Crippen molar-refractivity contribution in [3.05, 3.63) is 78.6 Å². The lowest BCUT2D eigenvalue weighted by atomic mass is 9.99. The van der Waals surface area contributed by atoms with Crippen molar-refractivity contribution in [3.63, 3.8) is 0 Å². The van der Waals surface area contributed by atoms with E-state index in [0.717, 1.165) is 30.0 Å². The minimum atomic E-state index is -0.342. The van der Waals surface area contributed by atoms with Crippen LogP contribution in [0.25, 0.3) is 5.57 Å². The number of aromatic nitrogens is 2. The molecule has 1 heterocycles. The number of carbonyl (C=O) groups is 1. The first-order valence-corrected chi connectivity index (χ1v) is 12.6. The van der Waals surface area contributed by atoms with Gasteiger partial charge in [-0.25, -0.2) is 9.97 Å². The Hall–Kier alpha value is -4.88. The van der Waals surface area contributed by atoms with Crippen molar-refractivity contribution in [1.29, 1.82) is 5.26 Å². The van der Waals surface area contributed by atoms with Gasteiger partial charge in [-0.1, -0.05) is 31.4 Å². The minimum absolute atomic E-state index is 0.241. The molecule has 2 aromatic carbocycles. The predicted molar refractivity (Wildman–Crippen MR) is 163 cm³/mol. The monoisotopic (exact) mass is 540 g/mol. The van der Waals surface area contributed by atoms with Gasteiger partial charge in [0.15, 0.2) is 0 Å². The average Bonchev–Trinajstić information content (AvgIpc) is 2.95. The number of benzene rings is 2. The Morgan fingerprint density at radius 1 is 1.10 bits per heavy atom. The van der Waals surface area contributed by atoms with Gasteiger partial charge in [0.05, 0.1) is 41.6 Å². The van der Waals surface area contributed by atoms with E-state index in [9.17, 15) is 10.1 Å². The van der Waals surface area contributed by atoms with Crippen LogP contribution in [0.2, 0.25) is 0 Å². The number of ether oxygens (including phenoxy) is 1. The zero-order valence-corrected chi connectivity index (χ0v) is 23.9. The smallest absolute Gasteiger partial charge is 0.247 e. The molecule has 0 spiro atoms. The number of para-hydroxylation sites is 1. The summed E-state index contributed by atoms with van der Waals surface area (Å²) in [5.41, 5.74) is 4.97. The second-order valence-corrected chi connectivity index (χ2v) is 9.57. The number of hydrogen-bond acceptors (Lipinski definition) is 9. The first kappa shape index (κ1) is 29.7. The Labute approximate surface area is 236 Å². The van der Waals surface area contributed by atoms with Gasteiger partial charge in [0.25, 0.3) is 0 Å². The second-order valence-electron chi connectivity index (χ2n) is 9.57. The van der Waals surface area contributed by atoms with Crippen LogP contribution in [-0.2, 0) is 4.79 Å². The average molecular weight is 541 g/mol. The zero-order chi connectivity index (χ0) is 29.4. The van der Waals surface area contributed by atoms with Gasteiger partial charge in [-0.2, -0.15) is 5.26 Å². The number of nitrogens with zero attached hydrogens (tertiary/aromatic N) is 6. The summed E-state index contributed by atoms with van der Waals surface area (Å²) in [6.07, 6.45) is 2.68. The Kier molecular flexibility index (Phi) is 9.84. The van der Waals surface area contributed by atoms with Gasteiger partial charge in [0, 0.05) is 57.1 Å². The van der Waals surface area contributed by atoms with Gasteiger partial charge in [0.2, 0.25) is 11.9 Å². The number of anilines is 5. The molecule has 0 fully saturated rings. The molecule has 3 rings (SSSR count).